The van der Waals surface area contributed by atoms with Gasteiger partial charge in [-0.2, -0.15) is 0 Å². The number of furan rings is 1. The van der Waals surface area contributed by atoms with Gasteiger partial charge in [-0.1, -0.05) is 17.8 Å². The van der Waals surface area contributed by atoms with Crippen LogP contribution in [-0.4, -0.2) is 26.9 Å². The molecule has 0 radical (unpaired) electrons. The molecule has 0 amide bonds. The molecule has 25 heavy (non-hydrogen) atoms. The number of allylic oxidation sites excluding steroid dienone is 1. The average molecular weight is 356 g/mol. The van der Waals surface area contributed by atoms with Gasteiger partial charge in [-0.25, -0.2) is 0 Å². The van der Waals surface area contributed by atoms with Crippen LogP contribution < -0.4 is 4.74 Å². The number of aromatic nitrogens is 4. The zero-order valence-corrected chi connectivity index (χ0v) is 15.3. The number of pyridine rings is 1. The molecular formula is C18H20N4O2S. The molecule has 0 spiro atoms. The molecule has 0 aliphatic carbocycles. The standard InChI is InChI=1S/C18H20N4O2S/c1-5-8-22-17(15-7-6-9-24-15)20-21-18(22)25-11-14-13(3)16(23-4)12(2)10-19-14/h5-7,9-10H,1,8,11H2,2-4H3. The molecule has 0 aromatic carbocycles. The minimum atomic E-state index is 0.606. The first-order valence-corrected chi connectivity index (χ1v) is 8.84. The Bertz CT molecular complexity index is 872. The maximum atomic E-state index is 5.48. The van der Waals surface area contributed by atoms with Crippen molar-refractivity contribution in [3.8, 4) is 17.3 Å². The Hall–Kier alpha value is -2.54. The maximum absolute atomic E-state index is 5.48. The van der Waals surface area contributed by atoms with Gasteiger partial charge in [0, 0.05) is 29.6 Å². The summed E-state index contributed by atoms with van der Waals surface area (Å²) in [5, 5.41) is 9.37. The van der Waals surface area contributed by atoms with E-state index >= 15 is 0 Å². The van der Waals surface area contributed by atoms with Gasteiger partial charge in [-0.15, -0.1) is 16.8 Å². The lowest BCUT2D eigenvalue weighted by molar-refractivity contribution is 0.407. The summed E-state index contributed by atoms with van der Waals surface area (Å²) >= 11 is 1.58. The van der Waals surface area contributed by atoms with Crippen molar-refractivity contribution in [1.82, 2.24) is 19.7 Å². The fourth-order valence-corrected chi connectivity index (χ4v) is 3.60. The Morgan fingerprint density at radius 1 is 1.36 bits per heavy atom. The van der Waals surface area contributed by atoms with Crippen molar-refractivity contribution in [3.63, 3.8) is 0 Å². The summed E-state index contributed by atoms with van der Waals surface area (Å²) in [4.78, 5) is 4.54. The summed E-state index contributed by atoms with van der Waals surface area (Å²) in [5.41, 5.74) is 3.06. The maximum Gasteiger partial charge on any atom is 0.200 e. The van der Waals surface area contributed by atoms with E-state index < -0.39 is 0 Å². The smallest absolute Gasteiger partial charge is 0.200 e. The van der Waals surface area contributed by atoms with E-state index in [4.69, 9.17) is 9.15 Å². The van der Waals surface area contributed by atoms with Crippen LogP contribution >= 0.6 is 11.8 Å². The molecule has 0 unspecified atom stereocenters. The van der Waals surface area contributed by atoms with Crippen molar-refractivity contribution in [2.24, 2.45) is 0 Å². The van der Waals surface area contributed by atoms with E-state index in [9.17, 15) is 0 Å². The third-order valence-corrected chi connectivity index (χ3v) is 4.84. The minimum Gasteiger partial charge on any atom is -0.496 e. The molecule has 0 saturated carbocycles. The lowest BCUT2D eigenvalue weighted by atomic mass is 10.1. The molecule has 0 atom stereocenters. The van der Waals surface area contributed by atoms with Gasteiger partial charge < -0.3 is 9.15 Å². The fraction of sp³-hybridized carbons (Fsp3) is 0.278. The van der Waals surface area contributed by atoms with Crippen LogP contribution in [0.5, 0.6) is 5.75 Å². The summed E-state index contributed by atoms with van der Waals surface area (Å²) in [6.45, 7) is 8.44. The molecule has 3 aromatic heterocycles. The largest absolute Gasteiger partial charge is 0.496 e. The molecular weight excluding hydrogens is 336 g/mol. The number of nitrogens with zero attached hydrogens (tertiary/aromatic N) is 4. The van der Waals surface area contributed by atoms with Crippen molar-refractivity contribution < 1.29 is 9.15 Å². The highest BCUT2D eigenvalue weighted by molar-refractivity contribution is 7.98. The van der Waals surface area contributed by atoms with Crippen LogP contribution in [0.3, 0.4) is 0 Å². The highest BCUT2D eigenvalue weighted by Crippen LogP contribution is 2.30. The van der Waals surface area contributed by atoms with Crippen LogP contribution in [0.4, 0.5) is 0 Å². The van der Waals surface area contributed by atoms with Gasteiger partial charge in [0.2, 0.25) is 5.82 Å². The third kappa shape index (κ3) is 3.46. The van der Waals surface area contributed by atoms with E-state index in [-0.39, 0.29) is 0 Å². The minimum absolute atomic E-state index is 0.606. The van der Waals surface area contributed by atoms with Gasteiger partial charge in [0.1, 0.15) is 5.75 Å². The second kappa shape index (κ2) is 7.57. The van der Waals surface area contributed by atoms with Crippen molar-refractivity contribution >= 4 is 11.8 Å². The van der Waals surface area contributed by atoms with Gasteiger partial charge in [0.25, 0.3) is 0 Å². The predicted molar refractivity (Wildman–Crippen MR) is 97.7 cm³/mol. The van der Waals surface area contributed by atoms with Gasteiger partial charge >= 0.3 is 0 Å². The number of rotatable bonds is 7. The number of ether oxygens (including phenoxy) is 1. The number of hydrogen-bond acceptors (Lipinski definition) is 6. The molecule has 3 heterocycles. The van der Waals surface area contributed by atoms with E-state index in [1.807, 2.05) is 42.8 Å². The van der Waals surface area contributed by atoms with Crippen LogP contribution in [0, 0.1) is 13.8 Å². The first-order valence-electron chi connectivity index (χ1n) is 7.85. The number of aryl methyl sites for hydroxylation is 1. The van der Waals surface area contributed by atoms with Gasteiger partial charge in [0.05, 0.1) is 19.1 Å². The lowest BCUT2D eigenvalue weighted by Gasteiger charge is -2.12. The first-order chi connectivity index (χ1) is 12.2. The lowest BCUT2D eigenvalue weighted by Crippen LogP contribution is -2.02. The van der Waals surface area contributed by atoms with Crippen LogP contribution in [0.25, 0.3) is 11.6 Å². The highest BCUT2D eigenvalue weighted by atomic mass is 32.2. The molecule has 3 rings (SSSR count). The second-order valence-electron chi connectivity index (χ2n) is 5.52. The fourth-order valence-electron chi connectivity index (χ4n) is 2.63. The summed E-state index contributed by atoms with van der Waals surface area (Å²) in [5.74, 6) is 2.94. The third-order valence-electron chi connectivity index (χ3n) is 3.86. The summed E-state index contributed by atoms with van der Waals surface area (Å²) < 4.78 is 12.9. The van der Waals surface area contributed by atoms with Gasteiger partial charge in [-0.3, -0.25) is 9.55 Å². The van der Waals surface area contributed by atoms with Gasteiger partial charge in [-0.05, 0) is 26.0 Å². The van der Waals surface area contributed by atoms with E-state index in [0.29, 0.717) is 23.9 Å². The normalized spacial score (nSPS) is 10.8. The van der Waals surface area contributed by atoms with Crippen molar-refractivity contribution in [1.29, 1.82) is 0 Å². The van der Waals surface area contributed by atoms with Crippen LogP contribution in [0.15, 0.2) is 46.8 Å². The molecule has 0 saturated heterocycles. The zero-order valence-electron chi connectivity index (χ0n) is 14.5. The summed E-state index contributed by atoms with van der Waals surface area (Å²) in [6, 6.07) is 3.70. The molecule has 130 valence electrons. The average Bonchev–Trinajstić information content (AvgIpc) is 3.25. The highest BCUT2D eigenvalue weighted by Gasteiger charge is 2.17. The molecule has 0 N–H and O–H groups in total. The monoisotopic (exact) mass is 356 g/mol. The van der Waals surface area contributed by atoms with Crippen LogP contribution in [0.2, 0.25) is 0 Å². The van der Waals surface area contributed by atoms with Gasteiger partial charge in [0.15, 0.2) is 10.9 Å². The Kier molecular flexibility index (Phi) is 5.23. The first kappa shape index (κ1) is 17.3. The van der Waals surface area contributed by atoms with Crippen molar-refractivity contribution in [3.05, 3.63) is 54.1 Å². The predicted octanol–water partition coefficient (Wildman–Crippen LogP) is 4.04. The zero-order chi connectivity index (χ0) is 17.8. The topological polar surface area (TPSA) is 66.0 Å². The van der Waals surface area contributed by atoms with Crippen molar-refractivity contribution in [2.45, 2.75) is 31.3 Å². The quantitative estimate of drug-likeness (QED) is 0.470. The molecule has 0 aliphatic rings. The molecule has 0 fully saturated rings. The Labute approximate surface area is 150 Å². The Balaban J connectivity index is 1.86. The Morgan fingerprint density at radius 3 is 2.88 bits per heavy atom. The number of hydrogen-bond donors (Lipinski definition) is 0. The molecule has 7 heteroatoms. The molecule has 6 nitrogen and oxygen atoms in total. The van der Waals surface area contributed by atoms with Crippen molar-refractivity contribution in [2.75, 3.05) is 7.11 Å². The molecule has 0 aliphatic heterocycles. The Morgan fingerprint density at radius 2 is 2.20 bits per heavy atom. The second-order valence-corrected chi connectivity index (χ2v) is 6.46. The van der Waals surface area contributed by atoms with Crippen LogP contribution in [-0.2, 0) is 12.3 Å². The van der Waals surface area contributed by atoms with E-state index in [1.54, 1.807) is 25.1 Å². The number of thioether (sulfide) groups is 1. The molecule has 3 aromatic rings. The number of methoxy groups -OCH3 is 1. The van der Waals surface area contributed by atoms with Crippen LogP contribution in [0.1, 0.15) is 16.8 Å². The summed E-state index contributed by atoms with van der Waals surface area (Å²) in [7, 11) is 1.68. The summed E-state index contributed by atoms with van der Waals surface area (Å²) in [6.07, 6.45) is 5.28. The SMILES string of the molecule is C=CCn1c(SCc2ncc(C)c(OC)c2C)nnc1-c1ccco1. The van der Waals surface area contributed by atoms with E-state index in [2.05, 4.69) is 21.8 Å². The van der Waals surface area contributed by atoms with E-state index in [0.717, 1.165) is 27.7 Å². The molecule has 0 bridgehead atoms. The van der Waals surface area contributed by atoms with E-state index in [1.165, 1.54) is 0 Å².